The molecule has 1 saturated carbocycles. The van der Waals surface area contributed by atoms with Crippen LogP contribution in [0.15, 0.2) is 0 Å². The number of rotatable bonds is 4. The Bertz CT molecular complexity index is 214. The smallest absolute Gasteiger partial charge is 0.0680 e. The van der Waals surface area contributed by atoms with E-state index in [9.17, 15) is 5.11 Å². The molecule has 2 aliphatic rings. The third-order valence-electron chi connectivity index (χ3n) is 4.20. The van der Waals surface area contributed by atoms with Crippen LogP contribution in [0.1, 0.15) is 45.4 Å². The van der Waals surface area contributed by atoms with Crippen LogP contribution in [0.3, 0.4) is 0 Å². The Labute approximate surface area is 99.0 Å². The van der Waals surface area contributed by atoms with Gasteiger partial charge in [-0.3, -0.25) is 0 Å². The highest BCUT2D eigenvalue weighted by Gasteiger charge is 2.27. The molecule has 1 saturated heterocycles. The molecule has 3 heteroatoms. The number of hydrogen-bond donors (Lipinski definition) is 3. The summed E-state index contributed by atoms with van der Waals surface area (Å²) in [5.41, 5.74) is 0.523. The Balaban J connectivity index is 1.63. The molecule has 0 aromatic heterocycles. The molecular formula is C13H26N2O. The highest BCUT2D eigenvalue weighted by molar-refractivity contribution is 4.85. The maximum atomic E-state index is 9.41. The second-order valence-electron chi connectivity index (χ2n) is 6.00. The predicted molar refractivity (Wildman–Crippen MR) is 66.5 cm³/mol. The lowest BCUT2D eigenvalue weighted by Crippen LogP contribution is -2.40. The van der Waals surface area contributed by atoms with Crippen molar-refractivity contribution in [3.63, 3.8) is 0 Å². The summed E-state index contributed by atoms with van der Waals surface area (Å²) in [6, 6.07) is 0.474. The molecule has 2 unspecified atom stereocenters. The molecule has 94 valence electrons. The zero-order valence-corrected chi connectivity index (χ0v) is 10.5. The summed E-state index contributed by atoms with van der Waals surface area (Å²) in [6.07, 6.45) is 7.76. The molecule has 1 aliphatic heterocycles. The maximum Gasteiger partial charge on any atom is 0.0680 e. The fourth-order valence-electron chi connectivity index (χ4n) is 3.08. The Morgan fingerprint density at radius 2 is 2.06 bits per heavy atom. The quantitative estimate of drug-likeness (QED) is 0.676. The molecule has 0 spiro atoms. The van der Waals surface area contributed by atoms with E-state index in [1.807, 2.05) is 0 Å². The summed E-state index contributed by atoms with van der Waals surface area (Å²) in [7, 11) is 0. The van der Waals surface area contributed by atoms with Gasteiger partial charge in [-0.2, -0.15) is 0 Å². The van der Waals surface area contributed by atoms with Crippen LogP contribution in [0, 0.1) is 5.41 Å². The molecule has 0 bridgehead atoms. The van der Waals surface area contributed by atoms with Gasteiger partial charge in [0.1, 0.15) is 0 Å². The summed E-state index contributed by atoms with van der Waals surface area (Å²) in [6.45, 7) is 5.33. The summed E-state index contributed by atoms with van der Waals surface area (Å²) in [5.74, 6) is 0. The van der Waals surface area contributed by atoms with Gasteiger partial charge < -0.3 is 15.7 Å². The van der Waals surface area contributed by atoms with Crippen molar-refractivity contribution in [1.29, 1.82) is 0 Å². The first-order valence-electron chi connectivity index (χ1n) is 6.80. The largest absolute Gasteiger partial charge is 0.392 e. The van der Waals surface area contributed by atoms with Crippen LogP contribution in [-0.2, 0) is 0 Å². The molecule has 0 aromatic rings. The van der Waals surface area contributed by atoms with Gasteiger partial charge in [-0.1, -0.05) is 26.2 Å². The van der Waals surface area contributed by atoms with Gasteiger partial charge in [-0.25, -0.2) is 0 Å². The van der Waals surface area contributed by atoms with E-state index < -0.39 is 0 Å². The van der Waals surface area contributed by atoms with Crippen molar-refractivity contribution in [2.45, 2.75) is 57.6 Å². The van der Waals surface area contributed by atoms with E-state index in [-0.39, 0.29) is 6.10 Å². The lowest BCUT2D eigenvalue weighted by Gasteiger charge is -2.34. The first kappa shape index (κ1) is 12.3. The average Bonchev–Trinajstić information content (AvgIpc) is 2.65. The highest BCUT2D eigenvalue weighted by atomic mass is 16.3. The first-order chi connectivity index (χ1) is 7.68. The van der Waals surface area contributed by atoms with Gasteiger partial charge in [0, 0.05) is 25.7 Å². The molecule has 1 heterocycles. The summed E-state index contributed by atoms with van der Waals surface area (Å²) in [5, 5.41) is 16.3. The van der Waals surface area contributed by atoms with Crippen LogP contribution >= 0.6 is 0 Å². The minimum atomic E-state index is -0.128. The number of β-amino-alcohol motifs (C(OH)–C–C–N with tert-alkyl or cyclic N) is 1. The van der Waals surface area contributed by atoms with Crippen LogP contribution in [-0.4, -0.2) is 36.9 Å². The van der Waals surface area contributed by atoms with Crippen molar-refractivity contribution in [1.82, 2.24) is 10.6 Å². The third-order valence-corrected chi connectivity index (χ3v) is 4.20. The Morgan fingerprint density at radius 3 is 2.69 bits per heavy atom. The molecule has 1 aliphatic carbocycles. The fraction of sp³-hybridized carbons (Fsp3) is 1.00. The zero-order chi connectivity index (χ0) is 11.4. The van der Waals surface area contributed by atoms with Crippen LogP contribution in [0.2, 0.25) is 0 Å². The second-order valence-corrected chi connectivity index (χ2v) is 6.00. The van der Waals surface area contributed by atoms with Gasteiger partial charge in [0.15, 0.2) is 0 Å². The van der Waals surface area contributed by atoms with Gasteiger partial charge >= 0.3 is 0 Å². The van der Waals surface area contributed by atoms with Crippen molar-refractivity contribution in [3.05, 3.63) is 0 Å². The molecule has 3 N–H and O–H groups in total. The van der Waals surface area contributed by atoms with Gasteiger partial charge in [0.05, 0.1) is 6.10 Å². The van der Waals surface area contributed by atoms with Gasteiger partial charge in [-0.05, 0) is 24.7 Å². The maximum absolute atomic E-state index is 9.41. The Kier molecular flexibility index (Phi) is 4.22. The van der Waals surface area contributed by atoms with Crippen LogP contribution in [0.5, 0.6) is 0 Å². The number of aliphatic hydroxyl groups is 1. The van der Waals surface area contributed by atoms with E-state index in [0.29, 0.717) is 11.5 Å². The Morgan fingerprint density at radius 1 is 1.31 bits per heavy atom. The second kappa shape index (κ2) is 5.48. The fourth-order valence-corrected chi connectivity index (χ4v) is 3.08. The van der Waals surface area contributed by atoms with Gasteiger partial charge in [0.25, 0.3) is 0 Å². The lowest BCUT2D eigenvalue weighted by molar-refractivity contribution is 0.190. The van der Waals surface area contributed by atoms with Crippen molar-refractivity contribution >= 4 is 0 Å². The van der Waals surface area contributed by atoms with Crippen molar-refractivity contribution in [2.24, 2.45) is 5.41 Å². The monoisotopic (exact) mass is 226 g/mol. The average molecular weight is 226 g/mol. The van der Waals surface area contributed by atoms with Crippen molar-refractivity contribution in [3.8, 4) is 0 Å². The van der Waals surface area contributed by atoms with E-state index in [4.69, 9.17) is 0 Å². The minimum Gasteiger partial charge on any atom is -0.392 e. The van der Waals surface area contributed by atoms with Gasteiger partial charge in [0.2, 0.25) is 0 Å². The topological polar surface area (TPSA) is 44.3 Å². The molecule has 2 rings (SSSR count). The minimum absolute atomic E-state index is 0.128. The normalized spacial score (nSPS) is 34.1. The Hall–Kier alpha value is -0.120. The van der Waals surface area contributed by atoms with Crippen LogP contribution < -0.4 is 10.6 Å². The van der Waals surface area contributed by atoms with E-state index in [0.717, 1.165) is 26.1 Å². The number of hydrogen-bond acceptors (Lipinski definition) is 3. The molecule has 16 heavy (non-hydrogen) atoms. The number of aliphatic hydroxyl groups excluding tert-OH is 1. The standard InChI is InChI=1S/C13H26N2O/c1-13(5-3-2-4-6-13)10-14-8-11-7-12(16)9-15-11/h11-12,14-16H,2-10H2,1H3. The highest BCUT2D eigenvalue weighted by Crippen LogP contribution is 2.34. The molecule has 0 amide bonds. The van der Waals surface area contributed by atoms with E-state index in [1.165, 1.54) is 32.1 Å². The molecule has 3 nitrogen and oxygen atoms in total. The van der Waals surface area contributed by atoms with Crippen molar-refractivity contribution in [2.75, 3.05) is 19.6 Å². The summed E-state index contributed by atoms with van der Waals surface area (Å²) in [4.78, 5) is 0. The molecule has 0 aromatic carbocycles. The molecule has 2 atom stereocenters. The van der Waals surface area contributed by atoms with Crippen LogP contribution in [0.25, 0.3) is 0 Å². The summed E-state index contributed by atoms with van der Waals surface area (Å²) >= 11 is 0. The molecular weight excluding hydrogens is 200 g/mol. The molecule has 2 fully saturated rings. The van der Waals surface area contributed by atoms with Gasteiger partial charge in [-0.15, -0.1) is 0 Å². The third kappa shape index (κ3) is 3.44. The lowest BCUT2D eigenvalue weighted by atomic mass is 9.76. The van der Waals surface area contributed by atoms with Crippen molar-refractivity contribution < 1.29 is 5.11 Å². The van der Waals surface area contributed by atoms with E-state index >= 15 is 0 Å². The zero-order valence-electron chi connectivity index (χ0n) is 10.5. The SMILES string of the molecule is CC1(CNCC2CC(O)CN2)CCCCC1. The predicted octanol–water partition coefficient (Wildman–Crippen LogP) is 1.27. The van der Waals surface area contributed by atoms with E-state index in [1.54, 1.807) is 0 Å². The summed E-state index contributed by atoms with van der Waals surface area (Å²) < 4.78 is 0. The van der Waals surface area contributed by atoms with Crippen LogP contribution in [0.4, 0.5) is 0 Å². The molecule has 0 radical (unpaired) electrons. The first-order valence-corrected chi connectivity index (χ1v) is 6.80. The number of nitrogens with one attached hydrogen (secondary N) is 2. The van der Waals surface area contributed by atoms with E-state index in [2.05, 4.69) is 17.6 Å².